The molecule has 0 unspecified atom stereocenters. The number of carbonyl (C=O) groups excluding carboxylic acids is 3. The number of anilines is 1. The number of rotatable bonds is 5. The van der Waals surface area contributed by atoms with Crippen LogP contribution in [-0.4, -0.2) is 24.4 Å². The summed E-state index contributed by atoms with van der Waals surface area (Å²) in [5, 5.41) is 6.62. The molecule has 0 bridgehead atoms. The fourth-order valence-corrected chi connectivity index (χ4v) is 3.45. The van der Waals surface area contributed by atoms with E-state index in [0.717, 1.165) is 4.88 Å². The van der Waals surface area contributed by atoms with Crippen LogP contribution in [0.4, 0.5) is 5.00 Å². The van der Waals surface area contributed by atoms with E-state index in [-0.39, 0.29) is 11.5 Å². The Balaban J connectivity index is 2.38. The standard InChI is InChI=1S/C13H12N2O4S2/c1-7(16)15-12-11(13(18)19-5-10(14)17)8(6-21-12)9-3-2-4-20-9/h2-4,6H,5H2,1H3,(H2,14,17)(H,15,16). The van der Waals surface area contributed by atoms with Gasteiger partial charge in [0.15, 0.2) is 6.61 Å². The lowest BCUT2D eigenvalue weighted by Crippen LogP contribution is -2.21. The Bertz CT molecular complexity index is 676. The molecular weight excluding hydrogens is 312 g/mol. The molecule has 2 heterocycles. The Morgan fingerprint density at radius 3 is 2.67 bits per heavy atom. The number of hydrogen-bond donors (Lipinski definition) is 2. The van der Waals surface area contributed by atoms with Gasteiger partial charge in [-0.25, -0.2) is 4.79 Å². The van der Waals surface area contributed by atoms with E-state index in [0.29, 0.717) is 10.6 Å². The molecule has 0 aliphatic rings. The van der Waals surface area contributed by atoms with Crippen LogP contribution in [-0.2, 0) is 14.3 Å². The van der Waals surface area contributed by atoms with Crippen molar-refractivity contribution in [3.8, 4) is 10.4 Å². The first-order valence-corrected chi connectivity index (χ1v) is 7.63. The van der Waals surface area contributed by atoms with Gasteiger partial charge in [0.25, 0.3) is 5.91 Å². The molecule has 2 aromatic heterocycles. The molecule has 2 rings (SSSR count). The minimum absolute atomic E-state index is 0.235. The second-order valence-corrected chi connectivity index (χ2v) is 5.88. The van der Waals surface area contributed by atoms with Crippen LogP contribution in [0.5, 0.6) is 0 Å². The van der Waals surface area contributed by atoms with Crippen molar-refractivity contribution < 1.29 is 19.1 Å². The minimum Gasteiger partial charge on any atom is -0.452 e. The van der Waals surface area contributed by atoms with Gasteiger partial charge in [0, 0.05) is 22.7 Å². The maximum atomic E-state index is 12.2. The van der Waals surface area contributed by atoms with Crippen molar-refractivity contribution in [2.24, 2.45) is 5.73 Å². The van der Waals surface area contributed by atoms with E-state index in [1.165, 1.54) is 29.6 Å². The molecule has 0 saturated heterocycles. The highest BCUT2D eigenvalue weighted by Gasteiger charge is 2.23. The molecule has 0 aliphatic heterocycles. The van der Waals surface area contributed by atoms with E-state index in [2.05, 4.69) is 5.32 Å². The van der Waals surface area contributed by atoms with Crippen molar-refractivity contribution in [2.75, 3.05) is 11.9 Å². The number of nitrogens with one attached hydrogen (secondary N) is 1. The molecule has 0 fully saturated rings. The van der Waals surface area contributed by atoms with Crippen molar-refractivity contribution in [3.05, 3.63) is 28.5 Å². The third kappa shape index (κ3) is 3.67. The topological polar surface area (TPSA) is 98.5 Å². The third-order valence-corrected chi connectivity index (χ3v) is 4.22. The Morgan fingerprint density at radius 2 is 2.10 bits per heavy atom. The van der Waals surface area contributed by atoms with Gasteiger partial charge in [0.1, 0.15) is 10.6 Å². The molecule has 110 valence electrons. The zero-order chi connectivity index (χ0) is 15.4. The van der Waals surface area contributed by atoms with Gasteiger partial charge >= 0.3 is 5.97 Å². The number of amides is 2. The molecule has 6 nitrogen and oxygen atoms in total. The summed E-state index contributed by atoms with van der Waals surface area (Å²) in [6.07, 6.45) is 0. The summed E-state index contributed by atoms with van der Waals surface area (Å²) < 4.78 is 4.86. The Morgan fingerprint density at radius 1 is 1.33 bits per heavy atom. The Labute approximate surface area is 128 Å². The number of thiophene rings is 2. The molecule has 21 heavy (non-hydrogen) atoms. The van der Waals surface area contributed by atoms with Crippen LogP contribution in [0.3, 0.4) is 0 Å². The van der Waals surface area contributed by atoms with Gasteiger partial charge in [-0.05, 0) is 11.4 Å². The average Bonchev–Trinajstić information content (AvgIpc) is 3.03. The first-order chi connectivity index (χ1) is 9.99. The number of ether oxygens (including phenoxy) is 1. The highest BCUT2D eigenvalue weighted by Crippen LogP contribution is 2.38. The molecule has 2 aromatic rings. The van der Waals surface area contributed by atoms with Gasteiger partial charge < -0.3 is 15.8 Å². The first kappa shape index (κ1) is 15.2. The van der Waals surface area contributed by atoms with Crippen molar-refractivity contribution in [1.82, 2.24) is 0 Å². The summed E-state index contributed by atoms with van der Waals surface area (Å²) in [4.78, 5) is 35.0. The van der Waals surface area contributed by atoms with Crippen LogP contribution >= 0.6 is 22.7 Å². The van der Waals surface area contributed by atoms with E-state index in [1.54, 1.807) is 5.38 Å². The van der Waals surface area contributed by atoms with E-state index in [9.17, 15) is 14.4 Å². The fourth-order valence-electron chi connectivity index (χ4n) is 1.63. The maximum Gasteiger partial charge on any atom is 0.342 e. The molecule has 0 saturated carbocycles. The summed E-state index contributed by atoms with van der Waals surface area (Å²) in [5.41, 5.74) is 5.86. The van der Waals surface area contributed by atoms with Gasteiger partial charge in [0.05, 0.1) is 0 Å². The number of carbonyl (C=O) groups is 3. The lowest BCUT2D eigenvalue weighted by molar-refractivity contribution is -0.121. The molecule has 2 amide bonds. The second-order valence-electron chi connectivity index (χ2n) is 4.05. The molecule has 0 aromatic carbocycles. The zero-order valence-electron chi connectivity index (χ0n) is 11.0. The van der Waals surface area contributed by atoms with Gasteiger partial charge in [-0.2, -0.15) is 0 Å². The first-order valence-electron chi connectivity index (χ1n) is 5.87. The van der Waals surface area contributed by atoms with E-state index in [1.807, 2.05) is 17.5 Å². The van der Waals surface area contributed by atoms with E-state index < -0.39 is 18.5 Å². The van der Waals surface area contributed by atoms with Gasteiger partial charge in [0.2, 0.25) is 5.91 Å². The van der Waals surface area contributed by atoms with Crippen LogP contribution in [0.1, 0.15) is 17.3 Å². The SMILES string of the molecule is CC(=O)Nc1scc(-c2cccs2)c1C(=O)OCC(N)=O. The van der Waals surface area contributed by atoms with Gasteiger partial charge in [-0.1, -0.05) is 6.07 Å². The smallest absolute Gasteiger partial charge is 0.342 e. The highest BCUT2D eigenvalue weighted by molar-refractivity contribution is 7.17. The molecular formula is C13H12N2O4S2. The summed E-state index contributed by atoms with van der Waals surface area (Å²) in [7, 11) is 0. The number of hydrogen-bond acceptors (Lipinski definition) is 6. The van der Waals surface area contributed by atoms with Crippen LogP contribution in [0.2, 0.25) is 0 Å². The molecule has 0 atom stereocenters. The van der Waals surface area contributed by atoms with Crippen molar-refractivity contribution >= 4 is 45.5 Å². The Hall–Kier alpha value is -2.19. The van der Waals surface area contributed by atoms with Crippen LogP contribution in [0, 0.1) is 0 Å². The van der Waals surface area contributed by atoms with Crippen LogP contribution in [0.15, 0.2) is 22.9 Å². The molecule has 8 heteroatoms. The normalized spacial score (nSPS) is 10.1. The number of primary amides is 1. The second kappa shape index (κ2) is 6.51. The molecule has 0 aliphatic carbocycles. The largest absolute Gasteiger partial charge is 0.452 e. The van der Waals surface area contributed by atoms with Crippen LogP contribution < -0.4 is 11.1 Å². The van der Waals surface area contributed by atoms with Gasteiger partial charge in [-0.3, -0.25) is 9.59 Å². The summed E-state index contributed by atoms with van der Waals surface area (Å²) in [5.74, 6) is -1.72. The van der Waals surface area contributed by atoms with E-state index in [4.69, 9.17) is 10.5 Å². The number of esters is 1. The Kier molecular flexibility index (Phi) is 4.71. The number of nitrogens with two attached hydrogens (primary N) is 1. The predicted octanol–water partition coefficient (Wildman–Crippen LogP) is 2.08. The fraction of sp³-hybridized carbons (Fsp3) is 0.154. The molecule has 3 N–H and O–H groups in total. The van der Waals surface area contributed by atoms with Crippen molar-refractivity contribution in [2.45, 2.75) is 6.92 Å². The lowest BCUT2D eigenvalue weighted by atomic mass is 10.1. The summed E-state index contributed by atoms with van der Waals surface area (Å²) in [6, 6.07) is 3.71. The molecule has 0 spiro atoms. The third-order valence-electron chi connectivity index (χ3n) is 2.42. The van der Waals surface area contributed by atoms with Crippen molar-refractivity contribution in [3.63, 3.8) is 0 Å². The predicted molar refractivity (Wildman–Crippen MR) is 81.4 cm³/mol. The molecule has 0 radical (unpaired) electrons. The minimum atomic E-state index is -0.739. The highest BCUT2D eigenvalue weighted by atomic mass is 32.1. The van der Waals surface area contributed by atoms with E-state index >= 15 is 0 Å². The average molecular weight is 324 g/mol. The maximum absolute atomic E-state index is 12.2. The van der Waals surface area contributed by atoms with Crippen molar-refractivity contribution in [1.29, 1.82) is 0 Å². The monoisotopic (exact) mass is 324 g/mol. The quantitative estimate of drug-likeness (QED) is 0.823. The zero-order valence-corrected chi connectivity index (χ0v) is 12.7. The van der Waals surface area contributed by atoms with Gasteiger partial charge in [-0.15, -0.1) is 22.7 Å². The van der Waals surface area contributed by atoms with Crippen LogP contribution in [0.25, 0.3) is 10.4 Å². The summed E-state index contributed by atoms with van der Waals surface area (Å²) >= 11 is 2.68. The lowest BCUT2D eigenvalue weighted by Gasteiger charge is -2.06. The summed E-state index contributed by atoms with van der Waals surface area (Å²) in [6.45, 7) is 0.848.